The van der Waals surface area contributed by atoms with Crippen molar-refractivity contribution in [1.82, 2.24) is 0 Å². The molecule has 80 valence electrons. The summed E-state index contributed by atoms with van der Waals surface area (Å²) in [6.45, 7) is 12.1. The number of hydrogen-bond acceptors (Lipinski definition) is 2. The van der Waals surface area contributed by atoms with E-state index in [-0.39, 0.29) is 5.60 Å². The molecule has 0 N–H and O–H groups in total. The van der Waals surface area contributed by atoms with Crippen molar-refractivity contribution in [1.29, 1.82) is 0 Å². The highest BCUT2D eigenvalue weighted by Gasteiger charge is 2.08. The van der Waals surface area contributed by atoms with Crippen molar-refractivity contribution in [2.24, 2.45) is 0 Å². The first kappa shape index (κ1) is 12.9. The van der Waals surface area contributed by atoms with Crippen LogP contribution in [0.4, 0.5) is 0 Å². The van der Waals surface area contributed by atoms with Gasteiger partial charge >= 0.3 is 0 Å². The lowest BCUT2D eigenvalue weighted by Gasteiger charge is -2.19. The van der Waals surface area contributed by atoms with Gasteiger partial charge in [-0.15, -0.1) is 0 Å². The topological polar surface area (TPSA) is 18.5 Å². The smallest absolute Gasteiger partial charge is 0.0598 e. The van der Waals surface area contributed by atoms with Crippen LogP contribution in [0, 0.1) is 0 Å². The van der Waals surface area contributed by atoms with Crippen molar-refractivity contribution in [2.75, 3.05) is 13.2 Å². The predicted octanol–water partition coefficient (Wildman–Crippen LogP) is 3.01. The van der Waals surface area contributed by atoms with Gasteiger partial charge in [-0.1, -0.05) is 0 Å². The molecule has 13 heavy (non-hydrogen) atoms. The molecule has 0 aliphatic heterocycles. The number of unbranched alkanes of at least 4 members (excludes halogenated alkanes) is 1. The number of rotatable bonds is 6. The summed E-state index contributed by atoms with van der Waals surface area (Å²) in [4.78, 5) is 0. The first-order chi connectivity index (χ1) is 5.92. The lowest BCUT2D eigenvalue weighted by molar-refractivity contribution is -0.00901. The average molecular weight is 188 g/mol. The van der Waals surface area contributed by atoms with Gasteiger partial charge < -0.3 is 9.47 Å². The van der Waals surface area contributed by atoms with E-state index in [0.717, 1.165) is 26.1 Å². The SMILES string of the molecule is CC(C)OCCCCOC(C)(C)C. The van der Waals surface area contributed by atoms with Crippen LogP contribution in [0.3, 0.4) is 0 Å². The molecule has 0 aromatic carbocycles. The van der Waals surface area contributed by atoms with Crippen LogP contribution in [0.1, 0.15) is 47.5 Å². The zero-order chi connectivity index (χ0) is 10.3. The zero-order valence-corrected chi connectivity index (χ0v) is 9.72. The second-order valence-electron chi connectivity index (χ2n) is 4.59. The monoisotopic (exact) mass is 188 g/mol. The molecule has 0 amide bonds. The molecule has 0 atom stereocenters. The molecular formula is C11H24O2. The molecule has 0 fully saturated rings. The minimum absolute atomic E-state index is 0.00109. The van der Waals surface area contributed by atoms with Crippen LogP contribution in [-0.2, 0) is 9.47 Å². The lowest BCUT2D eigenvalue weighted by Crippen LogP contribution is -2.19. The molecule has 2 heteroatoms. The van der Waals surface area contributed by atoms with Gasteiger partial charge in [0.1, 0.15) is 0 Å². The third-order valence-corrected chi connectivity index (χ3v) is 1.52. The van der Waals surface area contributed by atoms with Gasteiger partial charge in [0, 0.05) is 13.2 Å². The van der Waals surface area contributed by atoms with Crippen LogP contribution in [0.25, 0.3) is 0 Å². The third kappa shape index (κ3) is 11.9. The second kappa shape index (κ2) is 6.39. The van der Waals surface area contributed by atoms with Gasteiger partial charge in [-0.3, -0.25) is 0 Å². The van der Waals surface area contributed by atoms with Crippen molar-refractivity contribution >= 4 is 0 Å². The van der Waals surface area contributed by atoms with E-state index >= 15 is 0 Å². The summed E-state index contributed by atoms with van der Waals surface area (Å²) in [7, 11) is 0. The average Bonchev–Trinajstić information content (AvgIpc) is 1.93. The van der Waals surface area contributed by atoms with E-state index in [0.29, 0.717) is 6.10 Å². The van der Waals surface area contributed by atoms with E-state index in [1.54, 1.807) is 0 Å². The van der Waals surface area contributed by atoms with Crippen molar-refractivity contribution in [3.05, 3.63) is 0 Å². The Labute approximate surface area is 82.6 Å². The molecule has 0 unspecified atom stereocenters. The van der Waals surface area contributed by atoms with Crippen LogP contribution < -0.4 is 0 Å². The van der Waals surface area contributed by atoms with Gasteiger partial charge in [0.25, 0.3) is 0 Å². The fourth-order valence-corrected chi connectivity index (χ4v) is 0.902. The molecule has 2 nitrogen and oxygen atoms in total. The Bertz CT molecular complexity index is 114. The fraction of sp³-hybridized carbons (Fsp3) is 1.00. The summed E-state index contributed by atoms with van der Waals surface area (Å²) in [6.07, 6.45) is 2.53. The minimum atomic E-state index is -0.00109. The zero-order valence-electron chi connectivity index (χ0n) is 9.72. The molecule has 0 saturated heterocycles. The van der Waals surface area contributed by atoms with Crippen LogP contribution in [0.2, 0.25) is 0 Å². The summed E-state index contributed by atoms with van der Waals surface area (Å²) in [5.41, 5.74) is -0.00109. The van der Waals surface area contributed by atoms with E-state index in [2.05, 4.69) is 34.6 Å². The van der Waals surface area contributed by atoms with Crippen molar-refractivity contribution in [3.8, 4) is 0 Å². The van der Waals surface area contributed by atoms with E-state index < -0.39 is 0 Å². The van der Waals surface area contributed by atoms with Gasteiger partial charge in [-0.2, -0.15) is 0 Å². The Morgan fingerprint density at radius 3 is 2.00 bits per heavy atom. The summed E-state index contributed by atoms with van der Waals surface area (Å²) in [5, 5.41) is 0. The van der Waals surface area contributed by atoms with Crippen molar-refractivity contribution in [3.63, 3.8) is 0 Å². The molecule has 0 saturated carbocycles. The summed E-state index contributed by atoms with van der Waals surface area (Å²) in [6, 6.07) is 0. The summed E-state index contributed by atoms with van der Waals surface area (Å²) in [5.74, 6) is 0. The first-order valence-electron chi connectivity index (χ1n) is 5.17. The molecule has 0 aliphatic carbocycles. The Balaban J connectivity index is 3.09. The third-order valence-electron chi connectivity index (χ3n) is 1.52. The Morgan fingerprint density at radius 2 is 1.54 bits per heavy atom. The molecule has 0 heterocycles. The highest BCUT2D eigenvalue weighted by molar-refractivity contribution is 4.58. The Kier molecular flexibility index (Phi) is 6.35. The molecule has 0 spiro atoms. The highest BCUT2D eigenvalue weighted by atomic mass is 16.5. The van der Waals surface area contributed by atoms with E-state index in [9.17, 15) is 0 Å². The number of hydrogen-bond donors (Lipinski definition) is 0. The van der Waals surface area contributed by atoms with Gasteiger partial charge in [0.2, 0.25) is 0 Å². The minimum Gasteiger partial charge on any atom is -0.379 e. The molecular weight excluding hydrogens is 164 g/mol. The van der Waals surface area contributed by atoms with Gasteiger partial charge in [-0.05, 0) is 47.5 Å². The maximum absolute atomic E-state index is 5.58. The van der Waals surface area contributed by atoms with Crippen molar-refractivity contribution in [2.45, 2.75) is 59.2 Å². The van der Waals surface area contributed by atoms with Crippen LogP contribution in [0.15, 0.2) is 0 Å². The van der Waals surface area contributed by atoms with Gasteiger partial charge in [0.15, 0.2) is 0 Å². The molecule has 0 rings (SSSR count). The Hall–Kier alpha value is -0.0800. The van der Waals surface area contributed by atoms with Gasteiger partial charge in [-0.25, -0.2) is 0 Å². The summed E-state index contributed by atoms with van der Waals surface area (Å²) >= 11 is 0. The molecule has 0 radical (unpaired) electrons. The summed E-state index contributed by atoms with van der Waals surface area (Å²) < 4.78 is 11.0. The normalized spacial score (nSPS) is 12.5. The molecule has 0 bridgehead atoms. The maximum atomic E-state index is 5.58. The first-order valence-corrected chi connectivity index (χ1v) is 5.17. The number of ether oxygens (including phenoxy) is 2. The van der Waals surface area contributed by atoms with E-state index in [1.165, 1.54) is 0 Å². The van der Waals surface area contributed by atoms with Crippen LogP contribution in [-0.4, -0.2) is 24.9 Å². The molecule has 0 aromatic rings. The predicted molar refractivity (Wildman–Crippen MR) is 56.0 cm³/mol. The van der Waals surface area contributed by atoms with E-state index in [1.807, 2.05) is 0 Å². The van der Waals surface area contributed by atoms with Crippen molar-refractivity contribution < 1.29 is 9.47 Å². The van der Waals surface area contributed by atoms with E-state index in [4.69, 9.17) is 9.47 Å². The quantitative estimate of drug-likeness (QED) is 0.597. The fourth-order valence-electron chi connectivity index (χ4n) is 0.902. The lowest BCUT2D eigenvalue weighted by atomic mass is 10.2. The largest absolute Gasteiger partial charge is 0.379 e. The van der Waals surface area contributed by atoms with Crippen LogP contribution >= 0.6 is 0 Å². The van der Waals surface area contributed by atoms with Gasteiger partial charge in [0.05, 0.1) is 11.7 Å². The second-order valence-corrected chi connectivity index (χ2v) is 4.59. The molecule has 0 aliphatic rings. The van der Waals surface area contributed by atoms with Crippen LogP contribution in [0.5, 0.6) is 0 Å². The molecule has 0 aromatic heterocycles. The standard InChI is InChI=1S/C11H24O2/c1-10(2)12-8-6-7-9-13-11(3,4)5/h10H,6-9H2,1-5H3. The maximum Gasteiger partial charge on any atom is 0.0598 e. The Morgan fingerprint density at radius 1 is 1.00 bits per heavy atom. The highest BCUT2D eigenvalue weighted by Crippen LogP contribution is 2.07.